The number of nitrogens with one attached hydrogen (secondary N) is 1. The Morgan fingerprint density at radius 2 is 2.14 bits per heavy atom. The minimum atomic E-state index is -0.429. The number of nitrogen functional groups attached to an aromatic ring is 1. The van der Waals surface area contributed by atoms with Crippen LogP contribution in [-0.2, 0) is 9.59 Å². The number of carbonyl (C=O) groups is 2. The number of anilines is 1. The zero-order chi connectivity index (χ0) is 15.4. The van der Waals surface area contributed by atoms with Crippen molar-refractivity contribution in [3.63, 3.8) is 0 Å². The van der Waals surface area contributed by atoms with Crippen molar-refractivity contribution < 1.29 is 14.0 Å². The van der Waals surface area contributed by atoms with E-state index in [0.717, 1.165) is 12.8 Å². The summed E-state index contributed by atoms with van der Waals surface area (Å²) in [6, 6.07) is 4.44. The molecule has 1 aliphatic carbocycles. The molecule has 1 aromatic carbocycles. The summed E-state index contributed by atoms with van der Waals surface area (Å²) in [6.45, 7) is 0.0428. The van der Waals surface area contributed by atoms with Crippen LogP contribution in [-0.4, -0.2) is 42.1 Å². The molecule has 5 nitrogen and oxygen atoms in total. The van der Waals surface area contributed by atoms with E-state index in [0.29, 0.717) is 10.6 Å². The molecule has 0 heterocycles. The number of hydrogen-bond acceptors (Lipinski definition) is 4. The second kappa shape index (κ2) is 6.80. The van der Waals surface area contributed by atoms with Gasteiger partial charge in [0.25, 0.3) is 0 Å². The fourth-order valence-corrected chi connectivity index (χ4v) is 2.65. The van der Waals surface area contributed by atoms with Gasteiger partial charge in [-0.1, -0.05) is 0 Å². The first-order valence-corrected chi connectivity index (χ1v) is 7.65. The summed E-state index contributed by atoms with van der Waals surface area (Å²) in [5, 5.41) is 2.82. The van der Waals surface area contributed by atoms with Gasteiger partial charge in [-0.05, 0) is 31.0 Å². The Bertz CT molecular complexity index is 529. The second-order valence-corrected chi connectivity index (χ2v) is 6.15. The molecular formula is C14H18FN3O2S. The van der Waals surface area contributed by atoms with Crippen molar-refractivity contribution in [2.75, 3.05) is 25.1 Å². The molecule has 1 saturated carbocycles. The van der Waals surface area contributed by atoms with Gasteiger partial charge in [-0.3, -0.25) is 9.59 Å². The number of nitrogens with two attached hydrogens (primary N) is 1. The number of amides is 2. The third-order valence-corrected chi connectivity index (χ3v) is 3.97. The number of rotatable bonds is 6. The highest BCUT2D eigenvalue weighted by molar-refractivity contribution is 8.00. The van der Waals surface area contributed by atoms with Crippen LogP contribution in [0.5, 0.6) is 0 Å². The first-order chi connectivity index (χ1) is 9.94. The molecule has 0 saturated heterocycles. The van der Waals surface area contributed by atoms with Gasteiger partial charge in [0.1, 0.15) is 5.82 Å². The molecule has 0 aromatic heterocycles. The molecule has 1 fully saturated rings. The molecule has 114 valence electrons. The molecule has 3 N–H and O–H groups in total. The Balaban J connectivity index is 1.78. The van der Waals surface area contributed by atoms with Gasteiger partial charge < -0.3 is 16.0 Å². The fraction of sp³-hybridized carbons (Fsp3) is 0.429. The van der Waals surface area contributed by atoms with Crippen LogP contribution in [0.25, 0.3) is 0 Å². The van der Waals surface area contributed by atoms with E-state index in [1.54, 1.807) is 13.1 Å². The van der Waals surface area contributed by atoms with Gasteiger partial charge in [-0.2, -0.15) is 0 Å². The highest BCUT2D eigenvalue weighted by Crippen LogP contribution is 2.22. The lowest BCUT2D eigenvalue weighted by Gasteiger charge is -2.16. The van der Waals surface area contributed by atoms with Crippen LogP contribution in [0.4, 0.5) is 10.1 Å². The van der Waals surface area contributed by atoms with Crippen LogP contribution >= 0.6 is 11.8 Å². The average Bonchev–Trinajstić information content (AvgIpc) is 3.18. The van der Waals surface area contributed by atoms with Gasteiger partial charge in [0, 0.05) is 23.7 Å². The predicted octanol–water partition coefficient (Wildman–Crippen LogP) is 1.24. The van der Waals surface area contributed by atoms with Crippen molar-refractivity contribution in [2.24, 2.45) is 0 Å². The Morgan fingerprint density at radius 1 is 1.43 bits per heavy atom. The van der Waals surface area contributed by atoms with Crippen LogP contribution < -0.4 is 11.1 Å². The highest BCUT2D eigenvalue weighted by atomic mass is 32.2. The number of benzene rings is 1. The topological polar surface area (TPSA) is 75.4 Å². The summed E-state index contributed by atoms with van der Waals surface area (Å²) in [7, 11) is 1.58. The number of carbonyl (C=O) groups excluding carboxylic acids is 2. The Labute approximate surface area is 127 Å². The minimum Gasteiger partial charge on any atom is -0.399 e. The molecule has 7 heteroatoms. The molecule has 21 heavy (non-hydrogen) atoms. The third kappa shape index (κ3) is 5.26. The normalized spacial score (nSPS) is 13.8. The van der Waals surface area contributed by atoms with E-state index in [1.807, 2.05) is 0 Å². The van der Waals surface area contributed by atoms with Crippen molar-refractivity contribution in [1.82, 2.24) is 10.2 Å². The minimum absolute atomic E-state index is 0.0428. The predicted molar refractivity (Wildman–Crippen MR) is 80.3 cm³/mol. The molecule has 0 atom stereocenters. The van der Waals surface area contributed by atoms with Crippen LogP contribution in [0, 0.1) is 5.82 Å². The largest absolute Gasteiger partial charge is 0.399 e. The van der Waals surface area contributed by atoms with E-state index < -0.39 is 5.82 Å². The summed E-state index contributed by atoms with van der Waals surface area (Å²) in [4.78, 5) is 25.5. The van der Waals surface area contributed by atoms with E-state index in [4.69, 9.17) is 5.73 Å². The van der Waals surface area contributed by atoms with Gasteiger partial charge in [0.05, 0.1) is 12.3 Å². The molecular weight excluding hydrogens is 293 g/mol. The van der Waals surface area contributed by atoms with Crippen LogP contribution in [0.15, 0.2) is 23.1 Å². The van der Waals surface area contributed by atoms with Crippen LogP contribution in [0.3, 0.4) is 0 Å². The lowest BCUT2D eigenvalue weighted by Crippen LogP contribution is -2.39. The summed E-state index contributed by atoms with van der Waals surface area (Å²) >= 11 is 1.20. The lowest BCUT2D eigenvalue weighted by atomic mass is 10.3. The third-order valence-electron chi connectivity index (χ3n) is 3.00. The zero-order valence-electron chi connectivity index (χ0n) is 11.8. The maximum atomic E-state index is 13.2. The highest BCUT2D eigenvalue weighted by Gasteiger charge is 2.24. The molecule has 1 aromatic rings. The Kier molecular flexibility index (Phi) is 5.06. The monoisotopic (exact) mass is 311 g/mol. The van der Waals surface area contributed by atoms with Crippen LogP contribution in [0.2, 0.25) is 0 Å². The standard InChI is InChI=1S/C14H18FN3O2S/c1-18(7-13(19)17-11-2-3-11)14(20)8-21-12-5-9(15)4-10(16)6-12/h4-6,11H,2-3,7-8,16H2,1H3,(H,17,19). The maximum Gasteiger partial charge on any atom is 0.239 e. The van der Waals surface area contributed by atoms with E-state index >= 15 is 0 Å². The zero-order valence-corrected chi connectivity index (χ0v) is 12.6. The van der Waals surface area contributed by atoms with E-state index in [9.17, 15) is 14.0 Å². The molecule has 0 aliphatic heterocycles. The first-order valence-electron chi connectivity index (χ1n) is 6.66. The van der Waals surface area contributed by atoms with Gasteiger partial charge in [-0.15, -0.1) is 11.8 Å². The SMILES string of the molecule is CN(CC(=O)NC1CC1)C(=O)CSc1cc(N)cc(F)c1. The summed E-state index contributed by atoms with van der Waals surface area (Å²) < 4.78 is 13.2. The number of halogens is 1. The second-order valence-electron chi connectivity index (χ2n) is 5.10. The summed E-state index contributed by atoms with van der Waals surface area (Å²) in [6.07, 6.45) is 2.03. The van der Waals surface area contributed by atoms with Gasteiger partial charge >= 0.3 is 0 Å². The quantitative estimate of drug-likeness (QED) is 0.612. The van der Waals surface area contributed by atoms with Crippen molar-refractivity contribution >= 4 is 29.3 Å². The Hall–Kier alpha value is -1.76. The van der Waals surface area contributed by atoms with Crippen LogP contribution in [0.1, 0.15) is 12.8 Å². The maximum absolute atomic E-state index is 13.2. The summed E-state index contributed by atoms with van der Waals surface area (Å²) in [5.41, 5.74) is 5.86. The lowest BCUT2D eigenvalue weighted by molar-refractivity contribution is -0.132. The molecule has 0 bridgehead atoms. The molecule has 0 spiro atoms. The van der Waals surface area contributed by atoms with Gasteiger partial charge in [-0.25, -0.2) is 4.39 Å². The number of likely N-dealkylation sites (N-methyl/N-ethyl adjacent to an activating group) is 1. The first kappa shape index (κ1) is 15.6. The smallest absolute Gasteiger partial charge is 0.239 e. The van der Waals surface area contributed by atoms with Crippen molar-refractivity contribution in [3.8, 4) is 0 Å². The summed E-state index contributed by atoms with van der Waals surface area (Å²) in [5.74, 6) is -0.625. The van der Waals surface area contributed by atoms with Crippen molar-refractivity contribution in [1.29, 1.82) is 0 Å². The molecule has 1 aliphatic rings. The number of nitrogens with zero attached hydrogens (tertiary/aromatic N) is 1. The fourth-order valence-electron chi connectivity index (χ4n) is 1.73. The Morgan fingerprint density at radius 3 is 2.76 bits per heavy atom. The van der Waals surface area contributed by atoms with E-state index in [2.05, 4.69) is 5.32 Å². The number of hydrogen-bond donors (Lipinski definition) is 2. The molecule has 2 rings (SSSR count). The molecule has 2 amide bonds. The van der Waals surface area contributed by atoms with Crippen molar-refractivity contribution in [2.45, 2.75) is 23.8 Å². The molecule has 0 unspecified atom stereocenters. The average molecular weight is 311 g/mol. The van der Waals surface area contributed by atoms with Gasteiger partial charge in [0.2, 0.25) is 11.8 Å². The molecule has 0 radical (unpaired) electrons. The van der Waals surface area contributed by atoms with E-state index in [1.165, 1.54) is 28.8 Å². The number of thioether (sulfide) groups is 1. The van der Waals surface area contributed by atoms with E-state index in [-0.39, 0.29) is 30.2 Å². The van der Waals surface area contributed by atoms with Crippen molar-refractivity contribution in [3.05, 3.63) is 24.0 Å². The van der Waals surface area contributed by atoms with Gasteiger partial charge in [0.15, 0.2) is 0 Å².